The Kier molecular flexibility index (Phi) is 2.86. The number of aromatic nitrogens is 3. The van der Waals surface area contributed by atoms with E-state index in [-0.39, 0.29) is 0 Å². The highest BCUT2D eigenvalue weighted by molar-refractivity contribution is 9.10. The maximum atomic E-state index is 4.39. The average molecular weight is 266 g/mol. The zero-order valence-corrected chi connectivity index (χ0v) is 10.3. The van der Waals surface area contributed by atoms with Crippen molar-refractivity contribution in [2.45, 2.75) is 20.3 Å². The third kappa shape index (κ3) is 2.26. The van der Waals surface area contributed by atoms with Gasteiger partial charge in [-0.05, 0) is 30.7 Å². The molecule has 0 fully saturated rings. The molecule has 4 heteroatoms. The fourth-order valence-electron chi connectivity index (χ4n) is 1.45. The minimum atomic E-state index is 0.760. The summed E-state index contributed by atoms with van der Waals surface area (Å²) >= 11 is 3.47. The van der Waals surface area contributed by atoms with Crippen LogP contribution in [0.2, 0.25) is 0 Å². The predicted molar refractivity (Wildman–Crippen MR) is 63.6 cm³/mol. The summed E-state index contributed by atoms with van der Waals surface area (Å²) in [6.07, 6.45) is 0.875. The number of benzene rings is 1. The van der Waals surface area contributed by atoms with Crippen LogP contribution < -0.4 is 0 Å². The van der Waals surface area contributed by atoms with Gasteiger partial charge in [-0.25, -0.2) is 4.98 Å². The summed E-state index contributed by atoms with van der Waals surface area (Å²) in [4.78, 5) is 4.39. The van der Waals surface area contributed by atoms with Crippen LogP contribution in [0, 0.1) is 6.92 Å². The number of aryl methyl sites for hydroxylation is 2. The van der Waals surface area contributed by atoms with Crippen molar-refractivity contribution in [1.29, 1.82) is 0 Å². The van der Waals surface area contributed by atoms with Gasteiger partial charge in [-0.1, -0.05) is 22.9 Å². The van der Waals surface area contributed by atoms with Crippen molar-refractivity contribution in [3.05, 3.63) is 34.1 Å². The van der Waals surface area contributed by atoms with Gasteiger partial charge < -0.3 is 0 Å². The molecule has 0 amide bonds. The van der Waals surface area contributed by atoms with Crippen LogP contribution in [0.4, 0.5) is 0 Å². The summed E-state index contributed by atoms with van der Waals surface area (Å²) in [5.74, 6) is 1.68. The summed E-state index contributed by atoms with van der Waals surface area (Å²) in [7, 11) is 0. The number of hydrogen-bond donors (Lipinski definition) is 1. The summed E-state index contributed by atoms with van der Waals surface area (Å²) in [6.45, 7) is 4.11. The highest BCUT2D eigenvalue weighted by Gasteiger charge is 2.05. The smallest absolute Gasteiger partial charge is 0.181 e. The Morgan fingerprint density at radius 2 is 2.13 bits per heavy atom. The summed E-state index contributed by atoms with van der Waals surface area (Å²) < 4.78 is 1.06. The first-order valence-corrected chi connectivity index (χ1v) is 5.67. The van der Waals surface area contributed by atoms with Crippen LogP contribution >= 0.6 is 15.9 Å². The number of aromatic amines is 1. The van der Waals surface area contributed by atoms with Crippen LogP contribution in [0.15, 0.2) is 22.7 Å². The molecule has 0 saturated heterocycles. The second-order valence-electron chi connectivity index (χ2n) is 3.48. The van der Waals surface area contributed by atoms with Gasteiger partial charge in [0.15, 0.2) is 5.82 Å². The molecule has 0 aliphatic carbocycles. The monoisotopic (exact) mass is 265 g/mol. The van der Waals surface area contributed by atoms with Crippen molar-refractivity contribution in [2.24, 2.45) is 0 Å². The lowest BCUT2D eigenvalue weighted by Gasteiger charge is -1.99. The normalized spacial score (nSPS) is 10.6. The molecule has 1 aromatic heterocycles. The van der Waals surface area contributed by atoms with Crippen LogP contribution in [0.1, 0.15) is 18.3 Å². The van der Waals surface area contributed by atoms with Crippen molar-refractivity contribution in [3.8, 4) is 11.4 Å². The van der Waals surface area contributed by atoms with Gasteiger partial charge in [0.1, 0.15) is 5.82 Å². The molecular formula is C11H12BrN3. The van der Waals surface area contributed by atoms with Crippen molar-refractivity contribution in [1.82, 2.24) is 15.2 Å². The summed E-state index contributed by atoms with van der Waals surface area (Å²) in [5.41, 5.74) is 2.24. The quantitative estimate of drug-likeness (QED) is 0.907. The lowest BCUT2D eigenvalue weighted by atomic mass is 10.1. The Balaban J connectivity index is 2.44. The second-order valence-corrected chi connectivity index (χ2v) is 4.39. The number of halogens is 1. The molecule has 3 nitrogen and oxygen atoms in total. The molecule has 78 valence electrons. The van der Waals surface area contributed by atoms with Crippen LogP contribution in [-0.4, -0.2) is 15.2 Å². The van der Waals surface area contributed by atoms with E-state index < -0.39 is 0 Å². The van der Waals surface area contributed by atoms with Gasteiger partial charge in [0.2, 0.25) is 0 Å². The molecule has 2 aromatic rings. The van der Waals surface area contributed by atoms with Gasteiger partial charge >= 0.3 is 0 Å². The molecule has 1 heterocycles. The number of hydrogen-bond acceptors (Lipinski definition) is 2. The Bertz CT molecular complexity index is 456. The van der Waals surface area contributed by atoms with Gasteiger partial charge in [0.05, 0.1) is 0 Å². The van der Waals surface area contributed by atoms with E-state index in [1.54, 1.807) is 0 Å². The van der Waals surface area contributed by atoms with Crippen molar-refractivity contribution < 1.29 is 0 Å². The number of nitrogens with one attached hydrogen (secondary N) is 1. The largest absolute Gasteiger partial charge is 0.263 e. The van der Waals surface area contributed by atoms with Gasteiger partial charge in [0, 0.05) is 16.5 Å². The molecule has 0 aliphatic rings. The second kappa shape index (κ2) is 4.14. The maximum Gasteiger partial charge on any atom is 0.181 e. The first kappa shape index (κ1) is 10.4. The first-order chi connectivity index (χ1) is 7.19. The molecular weight excluding hydrogens is 254 g/mol. The zero-order valence-electron chi connectivity index (χ0n) is 8.71. The van der Waals surface area contributed by atoms with E-state index in [9.17, 15) is 0 Å². The predicted octanol–water partition coefficient (Wildman–Crippen LogP) is 3.11. The molecule has 0 aliphatic heterocycles. The molecule has 1 aromatic carbocycles. The third-order valence-electron chi connectivity index (χ3n) is 2.17. The van der Waals surface area contributed by atoms with E-state index in [1.165, 1.54) is 5.56 Å². The highest BCUT2D eigenvalue weighted by Crippen LogP contribution is 2.22. The zero-order chi connectivity index (χ0) is 10.8. The van der Waals surface area contributed by atoms with Gasteiger partial charge in [-0.2, -0.15) is 5.10 Å². The molecule has 0 atom stereocenters. The number of nitrogens with zero attached hydrogens (tertiary/aromatic N) is 2. The number of H-pyrrole nitrogens is 1. The van der Waals surface area contributed by atoms with Crippen molar-refractivity contribution in [2.75, 3.05) is 0 Å². The van der Waals surface area contributed by atoms with E-state index in [1.807, 2.05) is 6.07 Å². The fourth-order valence-corrected chi connectivity index (χ4v) is 2.06. The standard InChI is InChI=1S/C11H12BrN3/c1-3-10-13-11(15-14-10)8-4-7(2)5-9(12)6-8/h4-6H,3H2,1-2H3,(H,13,14,15). The molecule has 0 spiro atoms. The van der Waals surface area contributed by atoms with E-state index in [0.29, 0.717) is 0 Å². The molecule has 0 unspecified atom stereocenters. The minimum Gasteiger partial charge on any atom is -0.263 e. The third-order valence-corrected chi connectivity index (χ3v) is 2.62. The molecule has 0 saturated carbocycles. The Morgan fingerprint density at radius 3 is 2.73 bits per heavy atom. The lowest BCUT2D eigenvalue weighted by molar-refractivity contribution is 0.946. The van der Waals surface area contributed by atoms with E-state index in [0.717, 1.165) is 28.1 Å². The first-order valence-electron chi connectivity index (χ1n) is 4.88. The summed E-state index contributed by atoms with van der Waals surface area (Å²) in [6, 6.07) is 6.17. The van der Waals surface area contributed by atoms with Gasteiger partial charge in [0.25, 0.3) is 0 Å². The topological polar surface area (TPSA) is 41.6 Å². The average Bonchev–Trinajstić information content (AvgIpc) is 2.64. The SMILES string of the molecule is CCc1nc(-c2cc(C)cc(Br)c2)n[nH]1. The lowest BCUT2D eigenvalue weighted by Crippen LogP contribution is -1.84. The molecule has 2 rings (SSSR count). The number of rotatable bonds is 2. The van der Waals surface area contributed by atoms with Crippen LogP contribution in [0.3, 0.4) is 0 Å². The maximum absolute atomic E-state index is 4.39. The Labute approximate surface area is 97.1 Å². The van der Waals surface area contributed by atoms with Crippen LogP contribution in [-0.2, 0) is 6.42 Å². The molecule has 0 bridgehead atoms. The van der Waals surface area contributed by atoms with E-state index in [2.05, 4.69) is 57.1 Å². The van der Waals surface area contributed by atoms with Gasteiger partial charge in [-0.3, -0.25) is 5.10 Å². The molecule has 0 radical (unpaired) electrons. The van der Waals surface area contributed by atoms with Crippen LogP contribution in [0.5, 0.6) is 0 Å². The molecule has 1 N–H and O–H groups in total. The molecule has 15 heavy (non-hydrogen) atoms. The Hall–Kier alpha value is -1.16. The fraction of sp³-hybridized carbons (Fsp3) is 0.273. The van der Waals surface area contributed by atoms with Crippen molar-refractivity contribution in [3.63, 3.8) is 0 Å². The van der Waals surface area contributed by atoms with E-state index >= 15 is 0 Å². The Morgan fingerprint density at radius 1 is 1.33 bits per heavy atom. The minimum absolute atomic E-state index is 0.760. The van der Waals surface area contributed by atoms with Gasteiger partial charge in [-0.15, -0.1) is 0 Å². The van der Waals surface area contributed by atoms with E-state index in [4.69, 9.17) is 0 Å². The summed E-state index contributed by atoms with van der Waals surface area (Å²) in [5, 5.41) is 7.10. The van der Waals surface area contributed by atoms with Crippen molar-refractivity contribution >= 4 is 15.9 Å². The van der Waals surface area contributed by atoms with Crippen LogP contribution in [0.25, 0.3) is 11.4 Å². The highest BCUT2D eigenvalue weighted by atomic mass is 79.9.